The van der Waals surface area contributed by atoms with Gasteiger partial charge in [-0.15, -0.1) is 11.3 Å². The maximum atomic E-state index is 5.19. The molecular formula is C6H8N4S2. The van der Waals surface area contributed by atoms with Crippen molar-refractivity contribution in [1.82, 2.24) is 10.4 Å². The minimum absolute atomic E-state index is 0.158. The van der Waals surface area contributed by atoms with E-state index in [4.69, 9.17) is 5.73 Å². The molecule has 0 unspecified atom stereocenters. The molecule has 0 radical (unpaired) electrons. The van der Waals surface area contributed by atoms with Crippen LogP contribution in [0.2, 0.25) is 0 Å². The molecule has 1 heterocycles. The first-order valence-corrected chi connectivity index (χ1v) is 4.48. The molecule has 0 amide bonds. The van der Waals surface area contributed by atoms with E-state index < -0.39 is 0 Å². The van der Waals surface area contributed by atoms with Crippen LogP contribution in [0.1, 0.15) is 11.9 Å². The van der Waals surface area contributed by atoms with Gasteiger partial charge in [0, 0.05) is 11.6 Å². The van der Waals surface area contributed by atoms with Gasteiger partial charge in [0.05, 0.1) is 5.71 Å². The summed E-state index contributed by atoms with van der Waals surface area (Å²) in [4.78, 5) is 4.06. The van der Waals surface area contributed by atoms with Crippen LogP contribution in [-0.4, -0.2) is 15.8 Å². The molecule has 0 saturated carbocycles. The first-order valence-electron chi connectivity index (χ1n) is 3.19. The zero-order valence-corrected chi connectivity index (χ0v) is 8.08. The fourth-order valence-corrected chi connectivity index (χ4v) is 1.22. The summed E-state index contributed by atoms with van der Waals surface area (Å²) in [6, 6.07) is 0. The van der Waals surface area contributed by atoms with Gasteiger partial charge < -0.3 is 5.73 Å². The van der Waals surface area contributed by atoms with Crippen LogP contribution < -0.4 is 11.2 Å². The molecule has 0 aliphatic carbocycles. The van der Waals surface area contributed by atoms with Gasteiger partial charge in [0.2, 0.25) is 0 Å². The van der Waals surface area contributed by atoms with Crippen molar-refractivity contribution in [3.63, 3.8) is 0 Å². The van der Waals surface area contributed by atoms with Gasteiger partial charge in [-0.05, 0) is 19.1 Å². The van der Waals surface area contributed by atoms with Gasteiger partial charge in [0.1, 0.15) is 5.01 Å². The Balaban J connectivity index is 2.65. The molecule has 0 aliphatic heterocycles. The Hall–Kier alpha value is -1.01. The van der Waals surface area contributed by atoms with Crippen LogP contribution in [0.5, 0.6) is 0 Å². The molecule has 6 heteroatoms. The summed E-state index contributed by atoms with van der Waals surface area (Å²) in [5, 5.41) is 6.82. The van der Waals surface area contributed by atoms with E-state index in [9.17, 15) is 0 Å². The van der Waals surface area contributed by atoms with E-state index in [1.165, 1.54) is 11.3 Å². The largest absolute Gasteiger partial charge is 0.375 e. The van der Waals surface area contributed by atoms with Crippen molar-refractivity contribution in [1.29, 1.82) is 0 Å². The molecule has 3 N–H and O–H groups in total. The zero-order valence-electron chi connectivity index (χ0n) is 6.44. The lowest BCUT2D eigenvalue weighted by atomic mass is 10.5. The van der Waals surface area contributed by atoms with Crippen LogP contribution in [0.25, 0.3) is 0 Å². The van der Waals surface area contributed by atoms with E-state index in [1.54, 1.807) is 6.20 Å². The topological polar surface area (TPSA) is 63.3 Å². The molecule has 0 fully saturated rings. The predicted molar refractivity (Wildman–Crippen MR) is 54.2 cm³/mol. The van der Waals surface area contributed by atoms with Crippen LogP contribution in [0.15, 0.2) is 16.7 Å². The summed E-state index contributed by atoms with van der Waals surface area (Å²) in [6.07, 6.45) is 1.72. The van der Waals surface area contributed by atoms with Gasteiger partial charge in [-0.1, -0.05) is 0 Å². The van der Waals surface area contributed by atoms with Crippen molar-refractivity contribution in [2.24, 2.45) is 10.8 Å². The molecule has 1 aromatic rings. The van der Waals surface area contributed by atoms with E-state index in [-0.39, 0.29) is 5.11 Å². The van der Waals surface area contributed by atoms with Gasteiger partial charge in [0.25, 0.3) is 0 Å². The average Bonchev–Trinajstić information content (AvgIpc) is 2.51. The summed E-state index contributed by atoms with van der Waals surface area (Å²) in [6.45, 7) is 1.84. The molecule has 1 rings (SSSR count). The van der Waals surface area contributed by atoms with E-state index in [2.05, 4.69) is 27.7 Å². The quantitative estimate of drug-likeness (QED) is 0.419. The zero-order chi connectivity index (χ0) is 8.97. The molecule has 0 saturated heterocycles. The van der Waals surface area contributed by atoms with Gasteiger partial charge in [0.15, 0.2) is 5.11 Å². The van der Waals surface area contributed by atoms with Crippen molar-refractivity contribution < 1.29 is 0 Å². The highest BCUT2D eigenvalue weighted by Crippen LogP contribution is 2.04. The third-order valence-electron chi connectivity index (χ3n) is 1.08. The predicted octanol–water partition coefficient (Wildman–Crippen LogP) is 0.700. The smallest absolute Gasteiger partial charge is 0.184 e. The molecule has 0 bridgehead atoms. The number of hydrazone groups is 1. The highest BCUT2D eigenvalue weighted by Gasteiger charge is 1.98. The molecular weight excluding hydrogens is 192 g/mol. The lowest BCUT2D eigenvalue weighted by Crippen LogP contribution is -2.25. The van der Waals surface area contributed by atoms with Crippen LogP contribution in [0, 0.1) is 0 Å². The number of rotatable bonds is 2. The summed E-state index contributed by atoms with van der Waals surface area (Å²) in [5.74, 6) is 0. The Bertz CT molecular complexity index is 291. The second-order valence-corrected chi connectivity index (χ2v) is 3.34. The molecule has 0 atom stereocenters. The van der Waals surface area contributed by atoms with E-state index in [0.717, 1.165) is 10.7 Å². The molecule has 1 aromatic heterocycles. The van der Waals surface area contributed by atoms with Crippen molar-refractivity contribution in [2.45, 2.75) is 6.92 Å². The lowest BCUT2D eigenvalue weighted by Gasteiger charge is -1.96. The molecule has 12 heavy (non-hydrogen) atoms. The first-order chi connectivity index (χ1) is 5.70. The monoisotopic (exact) mass is 200 g/mol. The normalized spacial score (nSPS) is 11.2. The van der Waals surface area contributed by atoms with Gasteiger partial charge in [-0.2, -0.15) is 5.10 Å². The maximum Gasteiger partial charge on any atom is 0.184 e. The summed E-state index contributed by atoms with van der Waals surface area (Å²) < 4.78 is 0. The van der Waals surface area contributed by atoms with Crippen molar-refractivity contribution in [2.75, 3.05) is 0 Å². The second-order valence-electron chi connectivity index (χ2n) is 2.01. The first kappa shape index (κ1) is 9.08. The minimum Gasteiger partial charge on any atom is -0.375 e. The SMILES string of the molecule is C/C(=N/NC(N)=S)c1nccs1. The van der Waals surface area contributed by atoms with E-state index in [1.807, 2.05) is 12.3 Å². The number of nitrogens with one attached hydrogen (secondary N) is 1. The van der Waals surface area contributed by atoms with Crippen LogP contribution in [0.4, 0.5) is 0 Å². The third-order valence-corrected chi connectivity index (χ3v) is 2.05. The van der Waals surface area contributed by atoms with E-state index >= 15 is 0 Å². The second kappa shape index (κ2) is 4.13. The number of thiazole rings is 1. The molecule has 0 spiro atoms. The Kier molecular flexibility index (Phi) is 3.12. The Labute approximate surface area is 79.5 Å². The maximum absolute atomic E-state index is 5.19. The van der Waals surface area contributed by atoms with Gasteiger partial charge in [-0.25, -0.2) is 4.98 Å². The number of hydrogen-bond donors (Lipinski definition) is 2. The third kappa shape index (κ3) is 2.55. The Morgan fingerprint density at radius 1 is 1.83 bits per heavy atom. The highest BCUT2D eigenvalue weighted by atomic mass is 32.1. The van der Waals surface area contributed by atoms with Crippen molar-refractivity contribution in [3.8, 4) is 0 Å². The fraction of sp³-hybridized carbons (Fsp3) is 0.167. The van der Waals surface area contributed by atoms with Crippen molar-refractivity contribution >= 4 is 34.4 Å². The number of aromatic nitrogens is 1. The molecule has 0 aliphatic rings. The number of thiocarbonyl (C=S) groups is 1. The van der Waals surface area contributed by atoms with E-state index in [0.29, 0.717) is 0 Å². The number of hydrogen-bond acceptors (Lipinski definition) is 4. The number of nitrogens with zero attached hydrogens (tertiary/aromatic N) is 2. The molecule has 4 nitrogen and oxygen atoms in total. The van der Waals surface area contributed by atoms with Crippen LogP contribution in [0.3, 0.4) is 0 Å². The van der Waals surface area contributed by atoms with Crippen molar-refractivity contribution in [3.05, 3.63) is 16.6 Å². The highest BCUT2D eigenvalue weighted by molar-refractivity contribution is 7.80. The summed E-state index contributed by atoms with van der Waals surface area (Å²) in [5.41, 5.74) is 8.46. The fourth-order valence-electron chi connectivity index (χ4n) is 0.589. The van der Waals surface area contributed by atoms with Crippen LogP contribution in [-0.2, 0) is 0 Å². The summed E-state index contributed by atoms with van der Waals surface area (Å²) in [7, 11) is 0. The lowest BCUT2D eigenvalue weighted by molar-refractivity contribution is 1.03. The summed E-state index contributed by atoms with van der Waals surface area (Å²) >= 11 is 6.10. The average molecular weight is 200 g/mol. The van der Waals surface area contributed by atoms with Gasteiger partial charge >= 0.3 is 0 Å². The Morgan fingerprint density at radius 3 is 3.08 bits per heavy atom. The molecule has 0 aromatic carbocycles. The standard InChI is InChI=1S/C6H8N4S2/c1-4(9-10-6(7)11)5-8-2-3-12-5/h2-3H,1H3,(H3,7,10,11)/b9-4-. The van der Waals surface area contributed by atoms with Gasteiger partial charge in [-0.3, -0.25) is 5.43 Å². The molecule has 64 valence electrons. The van der Waals surface area contributed by atoms with Crippen LogP contribution >= 0.6 is 23.6 Å². The minimum atomic E-state index is 0.158. The number of nitrogens with two attached hydrogens (primary N) is 1. The Morgan fingerprint density at radius 2 is 2.58 bits per heavy atom.